The van der Waals surface area contributed by atoms with Crippen molar-refractivity contribution in [3.8, 4) is 5.75 Å². The lowest BCUT2D eigenvalue weighted by Crippen LogP contribution is -2.09. The second-order valence-electron chi connectivity index (χ2n) is 4.12. The molecule has 112 valence electrons. The highest BCUT2D eigenvalue weighted by Gasteiger charge is 2.22. The van der Waals surface area contributed by atoms with Crippen LogP contribution in [-0.2, 0) is 22.6 Å². The number of carbonyl (C=O) groups is 1. The summed E-state index contributed by atoms with van der Waals surface area (Å²) in [5.74, 6) is -1.63. The topological polar surface area (TPSA) is 124 Å². The van der Waals surface area contributed by atoms with Crippen molar-refractivity contribution in [1.82, 2.24) is 20.2 Å². The number of tetrazole rings is 1. The average Bonchev–Trinajstić information content (AvgIpc) is 2.82. The van der Waals surface area contributed by atoms with Crippen molar-refractivity contribution in [2.45, 2.75) is 10.6 Å². The van der Waals surface area contributed by atoms with Gasteiger partial charge in [0.25, 0.3) is 0 Å². The number of nitrogens with zero attached hydrogens (tertiary/aromatic N) is 4. The van der Waals surface area contributed by atoms with Crippen LogP contribution in [0.1, 0.15) is 16.2 Å². The van der Waals surface area contributed by atoms with E-state index in [4.69, 9.17) is 9.84 Å². The molecule has 2 aromatic rings. The van der Waals surface area contributed by atoms with Gasteiger partial charge in [0, 0.05) is 0 Å². The molecule has 21 heavy (non-hydrogen) atoms. The number of ether oxygens (including phenoxy) is 1. The van der Waals surface area contributed by atoms with Crippen LogP contribution in [0.4, 0.5) is 0 Å². The number of sulfone groups is 1. The molecule has 0 aliphatic carbocycles. The molecule has 0 spiro atoms. The molecule has 2 rings (SSSR count). The predicted octanol–water partition coefficient (Wildman–Crippen LogP) is -0.109. The SMILES string of the molecule is COc1ccc(S(=O)(=O)Cc2nnn(C)n2)cc1C(=O)O. The molecule has 10 heteroatoms. The third-order valence-corrected chi connectivity index (χ3v) is 4.24. The van der Waals surface area contributed by atoms with E-state index in [1.54, 1.807) is 0 Å². The van der Waals surface area contributed by atoms with Crippen molar-refractivity contribution in [2.24, 2.45) is 7.05 Å². The number of rotatable bonds is 5. The normalized spacial score (nSPS) is 11.3. The van der Waals surface area contributed by atoms with Gasteiger partial charge in [0.05, 0.1) is 19.1 Å². The minimum absolute atomic E-state index is 0.0326. The summed E-state index contributed by atoms with van der Waals surface area (Å²) in [6.45, 7) is 0. The Kier molecular flexibility index (Phi) is 3.89. The summed E-state index contributed by atoms with van der Waals surface area (Å²) in [5.41, 5.74) is -0.231. The number of hydrogen-bond acceptors (Lipinski definition) is 7. The predicted molar refractivity (Wildman–Crippen MR) is 69.6 cm³/mol. The number of aromatic nitrogens is 4. The van der Waals surface area contributed by atoms with Gasteiger partial charge in [-0.1, -0.05) is 0 Å². The maximum atomic E-state index is 12.2. The van der Waals surface area contributed by atoms with Gasteiger partial charge in [0.1, 0.15) is 17.1 Å². The van der Waals surface area contributed by atoms with Crippen LogP contribution in [0, 0.1) is 0 Å². The van der Waals surface area contributed by atoms with Crippen LogP contribution in [0.3, 0.4) is 0 Å². The van der Waals surface area contributed by atoms with E-state index in [2.05, 4.69) is 15.4 Å². The Balaban J connectivity index is 2.40. The van der Waals surface area contributed by atoms with Gasteiger partial charge < -0.3 is 9.84 Å². The lowest BCUT2D eigenvalue weighted by Gasteiger charge is -2.07. The minimum atomic E-state index is -3.78. The van der Waals surface area contributed by atoms with Gasteiger partial charge in [0.15, 0.2) is 15.7 Å². The molecule has 1 aromatic heterocycles. The molecular weight excluding hydrogens is 300 g/mol. The first kappa shape index (κ1) is 14.9. The summed E-state index contributed by atoms with van der Waals surface area (Å²) in [5, 5.41) is 20.0. The average molecular weight is 312 g/mol. The van der Waals surface area contributed by atoms with E-state index in [1.165, 1.54) is 26.3 Å². The number of aryl methyl sites for hydroxylation is 1. The molecule has 0 fully saturated rings. The first-order valence-electron chi connectivity index (χ1n) is 5.70. The third-order valence-electron chi connectivity index (χ3n) is 2.63. The molecule has 0 amide bonds. The van der Waals surface area contributed by atoms with Crippen LogP contribution in [0.25, 0.3) is 0 Å². The Morgan fingerprint density at radius 2 is 2.14 bits per heavy atom. The Morgan fingerprint density at radius 3 is 2.67 bits per heavy atom. The fraction of sp³-hybridized carbons (Fsp3) is 0.273. The van der Waals surface area contributed by atoms with E-state index in [0.717, 1.165) is 10.9 Å². The molecule has 1 heterocycles. The van der Waals surface area contributed by atoms with Crippen LogP contribution in [0.5, 0.6) is 5.75 Å². The van der Waals surface area contributed by atoms with Crippen molar-refractivity contribution >= 4 is 15.8 Å². The quantitative estimate of drug-likeness (QED) is 0.811. The van der Waals surface area contributed by atoms with Crippen molar-refractivity contribution < 1.29 is 23.1 Å². The second-order valence-corrected chi connectivity index (χ2v) is 6.11. The summed E-state index contributed by atoms with van der Waals surface area (Å²) in [6.07, 6.45) is 0. The zero-order chi connectivity index (χ0) is 15.6. The first-order chi connectivity index (χ1) is 9.83. The summed E-state index contributed by atoms with van der Waals surface area (Å²) in [7, 11) is -0.960. The largest absolute Gasteiger partial charge is 0.496 e. The summed E-state index contributed by atoms with van der Waals surface area (Å²) >= 11 is 0. The Hall–Kier alpha value is -2.49. The standard InChI is InChI=1S/C11H12N4O5S/c1-15-13-10(12-14-15)6-21(18,19)7-3-4-9(20-2)8(5-7)11(16)17/h3-5H,6H2,1-2H3,(H,16,17). The van der Waals surface area contributed by atoms with Gasteiger partial charge in [-0.05, 0) is 23.4 Å². The number of methoxy groups -OCH3 is 1. The monoisotopic (exact) mass is 312 g/mol. The van der Waals surface area contributed by atoms with Crippen LogP contribution in [0.2, 0.25) is 0 Å². The molecule has 1 aromatic carbocycles. The smallest absolute Gasteiger partial charge is 0.339 e. The van der Waals surface area contributed by atoms with Crippen molar-refractivity contribution in [3.05, 3.63) is 29.6 Å². The van der Waals surface area contributed by atoms with Crippen LogP contribution in [-0.4, -0.2) is 46.8 Å². The summed E-state index contributed by atoms with van der Waals surface area (Å²) in [6, 6.07) is 3.62. The molecule has 0 atom stereocenters. The number of benzene rings is 1. The van der Waals surface area contributed by atoms with E-state index in [1.807, 2.05) is 0 Å². The van der Waals surface area contributed by atoms with E-state index >= 15 is 0 Å². The lowest BCUT2D eigenvalue weighted by molar-refractivity contribution is 0.0693. The molecule has 0 aliphatic rings. The Morgan fingerprint density at radius 1 is 1.43 bits per heavy atom. The van der Waals surface area contributed by atoms with E-state index in [0.29, 0.717) is 0 Å². The Bertz CT molecular complexity index is 784. The highest BCUT2D eigenvalue weighted by molar-refractivity contribution is 7.90. The summed E-state index contributed by atoms with van der Waals surface area (Å²) in [4.78, 5) is 12.1. The fourth-order valence-corrected chi connectivity index (χ4v) is 2.88. The zero-order valence-corrected chi connectivity index (χ0v) is 12.0. The minimum Gasteiger partial charge on any atom is -0.496 e. The van der Waals surface area contributed by atoms with Crippen LogP contribution >= 0.6 is 0 Å². The van der Waals surface area contributed by atoms with Gasteiger partial charge in [-0.15, -0.1) is 10.2 Å². The van der Waals surface area contributed by atoms with E-state index in [-0.39, 0.29) is 22.0 Å². The van der Waals surface area contributed by atoms with Gasteiger partial charge in [0.2, 0.25) is 0 Å². The molecule has 0 aliphatic heterocycles. The zero-order valence-electron chi connectivity index (χ0n) is 11.2. The van der Waals surface area contributed by atoms with Crippen molar-refractivity contribution in [1.29, 1.82) is 0 Å². The van der Waals surface area contributed by atoms with E-state index in [9.17, 15) is 13.2 Å². The maximum absolute atomic E-state index is 12.2. The highest BCUT2D eigenvalue weighted by atomic mass is 32.2. The Labute approximate surface area is 120 Å². The number of carboxylic acid groups (broad SMARTS) is 1. The molecule has 0 saturated heterocycles. The van der Waals surface area contributed by atoms with Crippen LogP contribution < -0.4 is 4.74 Å². The second kappa shape index (κ2) is 5.48. The van der Waals surface area contributed by atoms with Gasteiger partial charge in [-0.3, -0.25) is 0 Å². The van der Waals surface area contributed by atoms with Gasteiger partial charge in [-0.25, -0.2) is 13.2 Å². The molecule has 1 N–H and O–H groups in total. The summed E-state index contributed by atoms with van der Waals surface area (Å²) < 4.78 is 29.4. The number of aromatic carboxylic acids is 1. The number of carboxylic acids is 1. The van der Waals surface area contributed by atoms with Gasteiger partial charge >= 0.3 is 5.97 Å². The molecule has 0 bridgehead atoms. The first-order valence-corrected chi connectivity index (χ1v) is 7.35. The van der Waals surface area contributed by atoms with Gasteiger partial charge in [-0.2, -0.15) is 4.80 Å². The maximum Gasteiger partial charge on any atom is 0.339 e. The molecule has 0 unspecified atom stereocenters. The van der Waals surface area contributed by atoms with Crippen molar-refractivity contribution in [2.75, 3.05) is 7.11 Å². The van der Waals surface area contributed by atoms with E-state index < -0.39 is 21.6 Å². The molecule has 0 saturated carbocycles. The molecule has 0 radical (unpaired) electrons. The molecular formula is C11H12N4O5S. The highest BCUT2D eigenvalue weighted by Crippen LogP contribution is 2.24. The fourth-order valence-electron chi connectivity index (χ4n) is 1.68. The lowest BCUT2D eigenvalue weighted by atomic mass is 10.2. The van der Waals surface area contributed by atoms with Crippen LogP contribution in [0.15, 0.2) is 23.1 Å². The molecule has 9 nitrogen and oxygen atoms in total. The third kappa shape index (κ3) is 3.16. The number of hydrogen-bond donors (Lipinski definition) is 1. The van der Waals surface area contributed by atoms with Crippen molar-refractivity contribution in [3.63, 3.8) is 0 Å².